The standard InChI is InChI=1S/C24H20ClN3O3S2/c1-13-15(3)33-22-21(13)23(31)28(19-10-6-17(25)7-11-19)24(27-22)32-12-20(30)26-18-8-4-16(5-9-18)14(2)29/h4-11H,12H2,1-3H3,(H,26,30). The van der Waals surface area contributed by atoms with Crippen LogP contribution in [-0.2, 0) is 4.79 Å². The summed E-state index contributed by atoms with van der Waals surface area (Å²) in [5.41, 5.74) is 2.54. The van der Waals surface area contributed by atoms with Crippen LogP contribution in [0.1, 0.15) is 27.7 Å². The highest BCUT2D eigenvalue weighted by atomic mass is 35.5. The van der Waals surface area contributed by atoms with E-state index < -0.39 is 0 Å². The third-order valence-electron chi connectivity index (χ3n) is 5.16. The van der Waals surface area contributed by atoms with Crippen LogP contribution in [0.25, 0.3) is 15.9 Å². The van der Waals surface area contributed by atoms with Crippen LogP contribution in [-0.4, -0.2) is 27.0 Å². The molecule has 2 aromatic carbocycles. The molecule has 0 fully saturated rings. The number of fused-ring (bicyclic) bond motifs is 1. The SMILES string of the molecule is CC(=O)c1ccc(NC(=O)CSc2nc3sc(C)c(C)c3c(=O)n2-c2ccc(Cl)cc2)cc1. The fourth-order valence-corrected chi connectivity index (χ4v) is 5.31. The maximum atomic E-state index is 13.4. The van der Waals surface area contributed by atoms with E-state index in [9.17, 15) is 14.4 Å². The number of nitrogens with one attached hydrogen (secondary N) is 1. The third-order valence-corrected chi connectivity index (χ3v) is 7.46. The zero-order valence-corrected chi connectivity index (χ0v) is 20.5. The number of benzene rings is 2. The molecule has 4 aromatic rings. The highest BCUT2D eigenvalue weighted by molar-refractivity contribution is 7.99. The molecular weight excluding hydrogens is 478 g/mol. The predicted molar refractivity (Wildman–Crippen MR) is 136 cm³/mol. The molecule has 0 saturated heterocycles. The number of ketones is 1. The van der Waals surface area contributed by atoms with Crippen LogP contribution in [0.5, 0.6) is 0 Å². The first-order valence-corrected chi connectivity index (χ1v) is 12.2. The van der Waals surface area contributed by atoms with E-state index in [0.29, 0.717) is 37.3 Å². The Morgan fingerprint density at radius 2 is 1.76 bits per heavy atom. The van der Waals surface area contributed by atoms with Gasteiger partial charge in [-0.1, -0.05) is 23.4 Å². The van der Waals surface area contributed by atoms with E-state index in [1.165, 1.54) is 34.6 Å². The Labute approximate surface area is 203 Å². The lowest BCUT2D eigenvalue weighted by molar-refractivity contribution is -0.113. The number of rotatable bonds is 6. The average molecular weight is 498 g/mol. The van der Waals surface area contributed by atoms with Crippen molar-refractivity contribution in [2.45, 2.75) is 25.9 Å². The van der Waals surface area contributed by atoms with Crippen LogP contribution in [0.3, 0.4) is 0 Å². The smallest absolute Gasteiger partial charge is 0.267 e. The fraction of sp³-hybridized carbons (Fsp3) is 0.167. The van der Waals surface area contributed by atoms with E-state index in [1.807, 2.05) is 13.8 Å². The number of carbonyl (C=O) groups is 2. The van der Waals surface area contributed by atoms with Gasteiger partial charge in [-0.05, 0) is 74.9 Å². The zero-order valence-electron chi connectivity index (χ0n) is 18.1. The average Bonchev–Trinajstić information content (AvgIpc) is 3.07. The second-order valence-corrected chi connectivity index (χ2v) is 10.0. The highest BCUT2D eigenvalue weighted by Crippen LogP contribution is 2.30. The second-order valence-electron chi connectivity index (χ2n) is 7.45. The van der Waals surface area contributed by atoms with Crippen LogP contribution in [0.15, 0.2) is 58.5 Å². The first kappa shape index (κ1) is 23.2. The molecule has 33 heavy (non-hydrogen) atoms. The molecule has 1 N–H and O–H groups in total. The number of thiophene rings is 1. The molecule has 0 radical (unpaired) electrons. The van der Waals surface area contributed by atoms with Crippen molar-refractivity contribution in [3.63, 3.8) is 0 Å². The normalized spacial score (nSPS) is 11.0. The van der Waals surface area contributed by atoms with Crippen LogP contribution in [0.2, 0.25) is 5.02 Å². The largest absolute Gasteiger partial charge is 0.325 e. The molecular formula is C24H20ClN3O3S2. The third kappa shape index (κ3) is 4.88. The molecule has 0 saturated carbocycles. The number of thioether (sulfide) groups is 1. The Hall–Kier alpha value is -2.94. The van der Waals surface area contributed by atoms with Gasteiger partial charge in [-0.3, -0.25) is 19.0 Å². The van der Waals surface area contributed by atoms with Gasteiger partial charge in [0.05, 0.1) is 16.8 Å². The van der Waals surface area contributed by atoms with Gasteiger partial charge in [0.15, 0.2) is 10.9 Å². The van der Waals surface area contributed by atoms with E-state index in [4.69, 9.17) is 16.6 Å². The van der Waals surface area contributed by atoms with E-state index in [1.54, 1.807) is 48.5 Å². The van der Waals surface area contributed by atoms with Gasteiger partial charge < -0.3 is 5.32 Å². The minimum atomic E-state index is -0.244. The Morgan fingerprint density at radius 3 is 2.39 bits per heavy atom. The molecule has 4 rings (SSSR count). The molecule has 1 amide bonds. The van der Waals surface area contributed by atoms with Gasteiger partial charge in [-0.25, -0.2) is 4.98 Å². The van der Waals surface area contributed by atoms with Gasteiger partial charge in [0.25, 0.3) is 5.56 Å². The Kier molecular flexibility index (Phi) is 6.69. The Bertz CT molecular complexity index is 1420. The number of halogens is 1. The number of aromatic nitrogens is 2. The Morgan fingerprint density at radius 1 is 1.09 bits per heavy atom. The van der Waals surface area contributed by atoms with Gasteiger partial charge in [0.2, 0.25) is 5.91 Å². The van der Waals surface area contributed by atoms with Gasteiger partial charge in [0, 0.05) is 21.2 Å². The molecule has 0 spiro atoms. The molecule has 9 heteroatoms. The topological polar surface area (TPSA) is 81.1 Å². The van der Waals surface area contributed by atoms with E-state index in [2.05, 4.69) is 5.32 Å². The van der Waals surface area contributed by atoms with E-state index in [-0.39, 0.29) is 23.0 Å². The minimum Gasteiger partial charge on any atom is -0.325 e. The van der Waals surface area contributed by atoms with Gasteiger partial charge >= 0.3 is 0 Å². The lowest BCUT2D eigenvalue weighted by Crippen LogP contribution is -2.22. The van der Waals surface area contributed by atoms with Crippen molar-refractivity contribution < 1.29 is 9.59 Å². The lowest BCUT2D eigenvalue weighted by Gasteiger charge is -2.12. The van der Waals surface area contributed by atoms with Crippen molar-refractivity contribution in [3.8, 4) is 5.69 Å². The summed E-state index contributed by atoms with van der Waals surface area (Å²) < 4.78 is 1.53. The van der Waals surface area contributed by atoms with Crippen LogP contribution in [0, 0.1) is 13.8 Å². The predicted octanol–water partition coefficient (Wildman–Crippen LogP) is 5.65. The number of anilines is 1. The summed E-state index contributed by atoms with van der Waals surface area (Å²) in [7, 11) is 0. The molecule has 0 aliphatic heterocycles. The Balaban J connectivity index is 1.64. The first-order valence-electron chi connectivity index (χ1n) is 10.1. The number of Topliss-reactive ketones (excluding diaryl/α,β-unsaturated/α-hetero) is 1. The molecule has 2 heterocycles. The monoisotopic (exact) mass is 497 g/mol. The van der Waals surface area contributed by atoms with Crippen molar-refractivity contribution in [1.82, 2.24) is 9.55 Å². The van der Waals surface area contributed by atoms with Gasteiger partial charge in [0.1, 0.15) is 4.83 Å². The number of carbonyl (C=O) groups excluding carboxylic acids is 2. The summed E-state index contributed by atoms with van der Waals surface area (Å²) in [5, 5.41) is 4.39. The van der Waals surface area contributed by atoms with Crippen molar-refractivity contribution in [3.05, 3.63) is 79.9 Å². The van der Waals surface area contributed by atoms with Crippen LogP contribution in [0.4, 0.5) is 5.69 Å². The van der Waals surface area contributed by atoms with Gasteiger partial charge in [-0.2, -0.15) is 0 Å². The number of nitrogens with zero attached hydrogens (tertiary/aromatic N) is 2. The summed E-state index contributed by atoms with van der Waals surface area (Å²) >= 11 is 8.68. The number of aryl methyl sites for hydroxylation is 2. The molecule has 0 unspecified atom stereocenters. The number of hydrogen-bond donors (Lipinski definition) is 1. The fourth-order valence-electron chi connectivity index (χ4n) is 3.31. The maximum Gasteiger partial charge on any atom is 0.267 e. The van der Waals surface area contributed by atoms with Crippen LogP contribution < -0.4 is 10.9 Å². The van der Waals surface area contributed by atoms with E-state index in [0.717, 1.165) is 10.4 Å². The van der Waals surface area contributed by atoms with Crippen molar-refractivity contribution in [2.24, 2.45) is 0 Å². The molecule has 6 nitrogen and oxygen atoms in total. The second kappa shape index (κ2) is 9.51. The van der Waals surface area contributed by atoms with Crippen molar-refractivity contribution in [2.75, 3.05) is 11.1 Å². The quantitative estimate of drug-likeness (QED) is 0.211. The molecule has 0 bridgehead atoms. The summed E-state index contributed by atoms with van der Waals surface area (Å²) in [4.78, 5) is 43.8. The summed E-state index contributed by atoms with van der Waals surface area (Å²) in [6.07, 6.45) is 0. The summed E-state index contributed by atoms with van der Waals surface area (Å²) in [6.45, 7) is 5.37. The molecule has 0 aliphatic rings. The molecule has 0 aliphatic carbocycles. The first-order chi connectivity index (χ1) is 15.7. The molecule has 168 valence electrons. The minimum absolute atomic E-state index is 0.0379. The number of hydrogen-bond acceptors (Lipinski definition) is 6. The van der Waals surface area contributed by atoms with E-state index >= 15 is 0 Å². The summed E-state index contributed by atoms with van der Waals surface area (Å²) in [5.74, 6) is -0.223. The highest BCUT2D eigenvalue weighted by Gasteiger charge is 2.19. The number of amides is 1. The molecule has 0 atom stereocenters. The zero-order chi connectivity index (χ0) is 23.7. The van der Waals surface area contributed by atoms with Crippen molar-refractivity contribution in [1.29, 1.82) is 0 Å². The van der Waals surface area contributed by atoms with Crippen molar-refractivity contribution >= 4 is 62.3 Å². The van der Waals surface area contributed by atoms with Gasteiger partial charge in [-0.15, -0.1) is 11.3 Å². The summed E-state index contributed by atoms with van der Waals surface area (Å²) in [6, 6.07) is 13.6. The lowest BCUT2D eigenvalue weighted by atomic mass is 10.1. The van der Waals surface area contributed by atoms with Crippen LogP contribution >= 0.6 is 34.7 Å². The maximum absolute atomic E-state index is 13.4. The molecule has 2 aromatic heterocycles.